The average Bonchev–Trinajstić information content (AvgIpc) is 2.62. The number of hydrogen-bond donors (Lipinski definition) is 2. The number of benzene rings is 2. The van der Waals surface area contributed by atoms with Gasteiger partial charge in [-0.25, -0.2) is 4.39 Å². The van der Waals surface area contributed by atoms with E-state index in [-0.39, 0.29) is 35.8 Å². The van der Waals surface area contributed by atoms with Gasteiger partial charge in [0.05, 0.1) is 12.6 Å². The van der Waals surface area contributed by atoms with Gasteiger partial charge in [0.2, 0.25) is 0 Å². The molecule has 6 heteroatoms. The Morgan fingerprint density at radius 3 is 2.38 bits per heavy atom. The van der Waals surface area contributed by atoms with Crippen LogP contribution in [0, 0.1) is 12.7 Å². The zero-order valence-electron chi connectivity index (χ0n) is 15.7. The Labute approximate surface area is 172 Å². The number of nitrogens with zero attached hydrogens (tertiary/aromatic N) is 1. The molecule has 2 aromatic rings. The summed E-state index contributed by atoms with van der Waals surface area (Å²) in [6.45, 7) is 5.01. The Balaban J connectivity index is 0.00000338. The van der Waals surface area contributed by atoms with Crippen molar-refractivity contribution < 1.29 is 9.13 Å². The minimum Gasteiger partial charge on any atom is -0.380 e. The fourth-order valence-corrected chi connectivity index (χ4v) is 2.47. The van der Waals surface area contributed by atoms with Crippen molar-refractivity contribution in [3.05, 3.63) is 70.5 Å². The number of rotatable bonds is 6. The second-order valence-corrected chi connectivity index (χ2v) is 6.05. The molecule has 2 aromatic carbocycles. The molecule has 2 N–H and O–H groups in total. The van der Waals surface area contributed by atoms with Gasteiger partial charge in [0.15, 0.2) is 5.96 Å². The molecule has 1 unspecified atom stereocenters. The van der Waals surface area contributed by atoms with E-state index in [2.05, 4.69) is 39.9 Å². The van der Waals surface area contributed by atoms with Gasteiger partial charge in [-0.1, -0.05) is 36.4 Å². The van der Waals surface area contributed by atoms with Gasteiger partial charge in [-0.3, -0.25) is 4.99 Å². The van der Waals surface area contributed by atoms with Crippen LogP contribution < -0.4 is 10.6 Å². The predicted octanol–water partition coefficient (Wildman–Crippen LogP) is 4.32. The Kier molecular flexibility index (Phi) is 9.58. The molecule has 0 aliphatic heterocycles. The van der Waals surface area contributed by atoms with E-state index in [1.165, 1.54) is 0 Å². The normalized spacial score (nSPS) is 12.3. The van der Waals surface area contributed by atoms with Gasteiger partial charge in [-0.05, 0) is 42.2 Å². The average molecular weight is 471 g/mol. The summed E-state index contributed by atoms with van der Waals surface area (Å²) < 4.78 is 18.8. The van der Waals surface area contributed by atoms with Crippen molar-refractivity contribution >= 4 is 29.9 Å². The van der Waals surface area contributed by atoms with Gasteiger partial charge in [0.1, 0.15) is 5.82 Å². The Morgan fingerprint density at radius 2 is 1.81 bits per heavy atom. The van der Waals surface area contributed by atoms with Crippen LogP contribution in [-0.2, 0) is 17.9 Å². The van der Waals surface area contributed by atoms with Crippen LogP contribution in [0.25, 0.3) is 0 Å². The van der Waals surface area contributed by atoms with Crippen molar-refractivity contribution in [3.63, 3.8) is 0 Å². The first-order valence-corrected chi connectivity index (χ1v) is 8.33. The number of guanidine groups is 1. The molecule has 0 fully saturated rings. The maximum absolute atomic E-state index is 13.7. The minimum atomic E-state index is -0.190. The number of aryl methyl sites for hydroxylation is 1. The zero-order chi connectivity index (χ0) is 18.2. The second kappa shape index (κ2) is 11.1. The lowest BCUT2D eigenvalue weighted by molar-refractivity contribution is 0.185. The van der Waals surface area contributed by atoms with Gasteiger partial charge >= 0.3 is 0 Å². The van der Waals surface area contributed by atoms with Gasteiger partial charge in [-0.2, -0.15) is 0 Å². The summed E-state index contributed by atoms with van der Waals surface area (Å²) in [7, 11) is 3.41. The van der Waals surface area contributed by atoms with Crippen LogP contribution in [0.2, 0.25) is 0 Å². The van der Waals surface area contributed by atoms with E-state index in [1.807, 2.05) is 13.0 Å². The Morgan fingerprint density at radius 1 is 1.15 bits per heavy atom. The molecule has 0 aromatic heterocycles. The molecule has 0 aliphatic carbocycles. The lowest BCUT2D eigenvalue weighted by Crippen LogP contribution is -2.38. The van der Waals surface area contributed by atoms with Crippen LogP contribution in [0.5, 0.6) is 0 Å². The first-order chi connectivity index (χ1) is 12.0. The van der Waals surface area contributed by atoms with Crippen LogP contribution in [-0.4, -0.2) is 20.1 Å². The molecule has 0 amide bonds. The third kappa shape index (κ3) is 6.57. The summed E-state index contributed by atoms with van der Waals surface area (Å²) in [5.41, 5.74) is 3.82. The largest absolute Gasteiger partial charge is 0.380 e. The monoisotopic (exact) mass is 471 g/mol. The highest BCUT2D eigenvalue weighted by atomic mass is 127. The maximum Gasteiger partial charge on any atom is 0.191 e. The lowest BCUT2D eigenvalue weighted by Gasteiger charge is -2.19. The number of halogens is 2. The molecule has 0 saturated heterocycles. The van der Waals surface area contributed by atoms with Crippen molar-refractivity contribution in [2.75, 3.05) is 14.2 Å². The SMILES string of the molecule is CN=C(NCc1ccc(COC)cc1)NC(C)c1ccc(C)c(F)c1.I. The quantitative estimate of drug-likeness (QED) is 0.375. The van der Waals surface area contributed by atoms with Crippen molar-refractivity contribution in [3.8, 4) is 0 Å². The summed E-state index contributed by atoms with van der Waals surface area (Å²) in [5.74, 6) is 0.486. The lowest BCUT2D eigenvalue weighted by atomic mass is 10.1. The third-order valence-corrected chi connectivity index (χ3v) is 4.07. The van der Waals surface area contributed by atoms with Crippen LogP contribution in [0.3, 0.4) is 0 Å². The summed E-state index contributed by atoms with van der Waals surface area (Å²) in [6, 6.07) is 13.5. The van der Waals surface area contributed by atoms with Crippen molar-refractivity contribution in [2.45, 2.75) is 33.0 Å². The second-order valence-electron chi connectivity index (χ2n) is 6.05. The molecule has 4 nitrogen and oxygen atoms in total. The smallest absolute Gasteiger partial charge is 0.191 e. The number of methoxy groups -OCH3 is 1. The first-order valence-electron chi connectivity index (χ1n) is 8.33. The fourth-order valence-electron chi connectivity index (χ4n) is 2.47. The van der Waals surface area contributed by atoms with Gasteiger partial charge in [0, 0.05) is 20.7 Å². The van der Waals surface area contributed by atoms with Crippen molar-refractivity contribution in [2.24, 2.45) is 4.99 Å². The number of ether oxygens (including phenoxy) is 1. The van der Waals surface area contributed by atoms with E-state index in [0.717, 1.165) is 16.7 Å². The van der Waals surface area contributed by atoms with E-state index >= 15 is 0 Å². The molecule has 26 heavy (non-hydrogen) atoms. The summed E-state index contributed by atoms with van der Waals surface area (Å²) in [5, 5.41) is 6.56. The maximum atomic E-state index is 13.7. The topological polar surface area (TPSA) is 45.7 Å². The van der Waals surface area contributed by atoms with Crippen molar-refractivity contribution in [1.82, 2.24) is 10.6 Å². The first kappa shape index (κ1) is 22.4. The zero-order valence-corrected chi connectivity index (χ0v) is 18.0. The minimum absolute atomic E-state index is 0. The highest BCUT2D eigenvalue weighted by molar-refractivity contribution is 14.0. The molecular weight excluding hydrogens is 444 g/mol. The molecule has 142 valence electrons. The van der Waals surface area contributed by atoms with E-state index in [0.29, 0.717) is 24.7 Å². The summed E-state index contributed by atoms with van der Waals surface area (Å²) >= 11 is 0. The summed E-state index contributed by atoms with van der Waals surface area (Å²) in [4.78, 5) is 4.24. The van der Waals surface area contributed by atoms with E-state index in [4.69, 9.17) is 4.74 Å². The molecule has 2 rings (SSSR count). The van der Waals surface area contributed by atoms with Gasteiger partial charge < -0.3 is 15.4 Å². The Bertz CT molecular complexity index is 719. The van der Waals surface area contributed by atoms with Crippen molar-refractivity contribution in [1.29, 1.82) is 0 Å². The van der Waals surface area contributed by atoms with Gasteiger partial charge in [0.25, 0.3) is 0 Å². The molecule has 0 aliphatic rings. The van der Waals surface area contributed by atoms with E-state index in [1.54, 1.807) is 33.2 Å². The highest BCUT2D eigenvalue weighted by Crippen LogP contribution is 2.16. The Hall–Kier alpha value is -1.67. The molecule has 1 atom stereocenters. The van der Waals surface area contributed by atoms with Crippen LogP contribution in [0.1, 0.15) is 35.2 Å². The number of aliphatic imine (C=N–C) groups is 1. The van der Waals surface area contributed by atoms with E-state index in [9.17, 15) is 4.39 Å². The third-order valence-electron chi connectivity index (χ3n) is 4.07. The molecule has 0 bridgehead atoms. The fraction of sp³-hybridized carbons (Fsp3) is 0.350. The molecule has 0 heterocycles. The molecule has 0 saturated carbocycles. The van der Waals surface area contributed by atoms with Gasteiger partial charge in [-0.15, -0.1) is 24.0 Å². The van der Waals surface area contributed by atoms with Crippen LogP contribution >= 0.6 is 24.0 Å². The number of nitrogens with one attached hydrogen (secondary N) is 2. The predicted molar refractivity (Wildman–Crippen MR) is 115 cm³/mol. The number of hydrogen-bond acceptors (Lipinski definition) is 2. The van der Waals surface area contributed by atoms with E-state index < -0.39 is 0 Å². The molecule has 0 radical (unpaired) electrons. The highest BCUT2D eigenvalue weighted by Gasteiger charge is 2.09. The standard InChI is InChI=1S/C20H26FN3O.HI/c1-14-5-10-18(11-19(14)21)15(2)24-20(22-3)23-12-16-6-8-17(9-7-16)13-25-4;/h5-11,15H,12-13H2,1-4H3,(H2,22,23,24);1H. The summed E-state index contributed by atoms with van der Waals surface area (Å²) in [6.07, 6.45) is 0. The van der Waals surface area contributed by atoms with Crippen LogP contribution in [0.4, 0.5) is 4.39 Å². The molecule has 0 spiro atoms. The molecular formula is C20H27FIN3O. The van der Waals surface area contributed by atoms with Crippen LogP contribution in [0.15, 0.2) is 47.5 Å².